The van der Waals surface area contributed by atoms with Crippen LogP contribution in [0.4, 0.5) is 0 Å². The van der Waals surface area contributed by atoms with Crippen LogP contribution in [-0.4, -0.2) is 40.1 Å². The summed E-state index contributed by atoms with van der Waals surface area (Å²) in [5.41, 5.74) is 0. The minimum atomic E-state index is -2.50. The molecule has 5 nitrogen and oxygen atoms in total. The Morgan fingerprint density at radius 1 is 1.00 bits per heavy atom. The maximum absolute atomic E-state index is 8.53. The molecule has 1 N–H and O–H groups in total. The molecule has 0 aromatic heterocycles. The normalized spacial score (nSPS) is 12.8. The number of rotatable bonds is 11. The van der Waals surface area contributed by atoms with Crippen LogP contribution in [0.5, 0.6) is 0 Å². The van der Waals surface area contributed by atoms with E-state index in [2.05, 4.69) is 0 Å². The zero-order valence-electron chi connectivity index (χ0n) is 10.3. The molecule has 98 valence electrons. The molecule has 0 spiro atoms. The van der Waals surface area contributed by atoms with Crippen molar-refractivity contribution in [1.82, 2.24) is 0 Å². The predicted molar refractivity (Wildman–Crippen MR) is 66.5 cm³/mol. The zero-order chi connectivity index (χ0) is 12.3. The van der Waals surface area contributed by atoms with E-state index in [1.165, 1.54) is 0 Å². The summed E-state index contributed by atoms with van der Waals surface area (Å²) >= 11 is 0. The fourth-order valence-corrected chi connectivity index (χ4v) is 4.22. The van der Waals surface area contributed by atoms with Crippen molar-refractivity contribution in [2.24, 2.45) is 0 Å². The minimum Gasteiger partial charge on any atom is -0.374 e. The largest absolute Gasteiger partial charge is 0.501 e. The molecule has 0 radical (unpaired) electrons. The van der Waals surface area contributed by atoms with Crippen LogP contribution in [0.3, 0.4) is 0 Å². The van der Waals surface area contributed by atoms with E-state index in [1.54, 1.807) is 0 Å². The highest BCUT2D eigenvalue weighted by molar-refractivity contribution is 7.24. The van der Waals surface area contributed by atoms with Crippen molar-refractivity contribution in [2.45, 2.75) is 33.2 Å². The van der Waals surface area contributed by atoms with Gasteiger partial charge < -0.3 is 22.7 Å². The molecule has 1 atom stereocenters. The van der Waals surface area contributed by atoms with Gasteiger partial charge in [-0.1, -0.05) is 0 Å². The summed E-state index contributed by atoms with van der Waals surface area (Å²) in [4.78, 5) is 8.53. The van der Waals surface area contributed by atoms with Crippen LogP contribution >= 0.6 is 9.03 Å². The summed E-state index contributed by atoms with van der Waals surface area (Å²) < 4.78 is 21.9. The van der Waals surface area contributed by atoms with Crippen LogP contribution < -0.4 is 0 Å². The summed E-state index contributed by atoms with van der Waals surface area (Å²) in [7, 11) is -2.96. The van der Waals surface area contributed by atoms with Gasteiger partial charge in [0, 0.05) is 25.9 Å². The van der Waals surface area contributed by atoms with Gasteiger partial charge in [0.15, 0.2) is 9.03 Å². The van der Waals surface area contributed by atoms with Crippen molar-refractivity contribution < 1.29 is 22.7 Å². The number of hydrogen-bond acceptors (Lipinski definition) is 5. The smallest absolute Gasteiger partial charge is 0.374 e. The summed E-state index contributed by atoms with van der Waals surface area (Å²) in [6, 6.07) is 0.729. The standard InChI is InChI=1S/C9H23O5PSi/c1-4-12-16(13-5-2,14-6-3)9-7-8-11-15-10/h10,15H,4-9H2,1-3H3. The summed E-state index contributed by atoms with van der Waals surface area (Å²) in [5, 5.41) is 0. The van der Waals surface area contributed by atoms with Gasteiger partial charge >= 0.3 is 8.80 Å². The molecule has 0 rings (SSSR count). The van der Waals surface area contributed by atoms with Gasteiger partial charge in [-0.2, -0.15) is 0 Å². The first-order chi connectivity index (χ1) is 7.74. The SMILES string of the molecule is CCO[Si](CCCOPO)(OCC)OCC. The molecule has 0 aliphatic rings. The lowest BCUT2D eigenvalue weighted by Gasteiger charge is -2.28. The molecule has 1 unspecified atom stereocenters. The average molecular weight is 270 g/mol. The van der Waals surface area contributed by atoms with Crippen molar-refractivity contribution in [3.63, 3.8) is 0 Å². The predicted octanol–water partition coefficient (Wildman–Crippen LogP) is 1.94. The van der Waals surface area contributed by atoms with Gasteiger partial charge in [0.05, 0.1) is 6.61 Å². The van der Waals surface area contributed by atoms with Crippen LogP contribution in [0.1, 0.15) is 27.2 Å². The third kappa shape index (κ3) is 6.91. The molecule has 0 heterocycles. The molecule has 0 saturated carbocycles. The van der Waals surface area contributed by atoms with Gasteiger partial charge in [0.2, 0.25) is 0 Å². The molecule has 0 amide bonds. The molecular formula is C9H23O5PSi. The van der Waals surface area contributed by atoms with E-state index in [0.717, 1.165) is 12.5 Å². The van der Waals surface area contributed by atoms with Gasteiger partial charge in [-0.05, 0) is 27.2 Å². The molecule has 0 saturated heterocycles. The topological polar surface area (TPSA) is 57.2 Å². The fraction of sp³-hybridized carbons (Fsp3) is 1.00. The Bertz CT molecular complexity index is 144. The van der Waals surface area contributed by atoms with E-state index in [4.69, 9.17) is 22.7 Å². The highest BCUT2D eigenvalue weighted by Crippen LogP contribution is 2.19. The van der Waals surface area contributed by atoms with Gasteiger partial charge in [0.25, 0.3) is 0 Å². The molecule has 16 heavy (non-hydrogen) atoms. The van der Waals surface area contributed by atoms with Crippen molar-refractivity contribution in [3.05, 3.63) is 0 Å². The summed E-state index contributed by atoms with van der Waals surface area (Å²) in [6.45, 7) is 8.09. The maximum atomic E-state index is 8.53. The molecule has 0 aliphatic carbocycles. The quantitative estimate of drug-likeness (QED) is 0.353. The first-order valence-corrected chi connectivity index (χ1v) is 8.46. The zero-order valence-corrected chi connectivity index (χ0v) is 12.3. The molecule has 0 bridgehead atoms. The first-order valence-electron chi connectivity index (χ1n) is 5.67. The Balaban J connectivity index is 4.12. The van der Waals surface area contributed by atoms with Gasteiger partial charge in [-0.15, -0.1) is 0 Å². The molecule has 7 heteroatoms. The molecule has 0 aliphatic heterocycles. The van der Waals surface area contributed by atoms with E-state index in [0.29, 0.717) is 26.4 Å². The average Bonchev–Trinajstić information content (AvgIpc) is 2.26. The van der Waals surface area contributed by atoms with Gasteiger partial charge in [0.1, 0.15) is 0 Å². The maximum Gasteiger partial charge on any atom is 0.501 e. The Labute approximate surface area is 101 Å². The first kappa shape index (κ1) is 16.4. The summed E-state index contributed by atoms with van der Waals surface area (Å²) in [5.74, 6) is 0. The second kappa shape index (κ2) is 10.6. The Morgan fingerprint density at radius 3 is 1.88 bits per heavy atom. The number of hydrogen-bond donors (Lipinski definition) is 1. The van der Waals surface area contributed by atoms with Gasteiger partial charge in [-0.3, -0.25) is 0 Å². The Kier molecular flexibility index (Phi) is 10.9. The van der Waals surface area contributed by atoms with Crippen molar-refractivity contribution in [2.75, 3.05) is 26.4 Å². The van der Waals surface area contributed by atoms with Crippen LogP contribution in [0.15, 0.2) is 0 Å². The van der Waals surface area contributed by atoms with E-state index in [-0.39, 0.29) is 0 Å². The van der Waals surface area contributed by atoms with E-state index in [9.17, 15) is 0 Å². The lowest BCUT2D eigenvalue weighted by atomic mass is 10.5. The van der Waals surface area contributed by atoms with Gasteiger partial charge in [-0.25, -0.2) is 0 Å². The van der Waals surface area contributed by atoms with E-state index in [1.807, 2.05) is 20.8 Å². The van der Waals surface area contributed by atoms with E-state index >= 15 is 0 Å². The summed E-state index contributed by atoms with van der Waals surface area (Å²) in [6.07, 6.45) is 0.778. The van der Waals surface area contributed by atoms with Crippen molar-refractivity contribution in [3.8, 4) is 0 Å². The lowest BCUT2D eigenvalue weighted by Crippen LogP contribution is -2.46. The third-order valence-corrected chi connectivity index (χ3v) is 5.37. The van der Waals surface area contributed by atoms with Crippen LogP contribution in [-0.2, 0) is 17.8 Å². The van der Waals surface area contributed by atoms with Crippen LogP contribution in [0.25, 0.3) is 0 Å². The fourth-order valence-electron chi connectivity index (χ4n) is 1.41. The lowest BCUT2D eigenvalue weighted by molar-refractivity contribution is 0.0697. The Hall–Kier alpha value is 0.447. The van der Waals surface area contributed by atoms with E-state index < -0.39 is 17.8 Å². The molecule has 0 fully saturated rings. The Morgan fingerprint density at radius 2 is 1.50 bits per heavy atom. The monoisotopic (exact) mass is 270 g/mol. The highest BCUT2D eigenvalue weighted by atomic mass is 31.1. The second-order valence-electron chi connectivity index (χ2n) is 3.03. The van der Waals surface area contributed by atoms with Crippen molar-refractivity contribution in [1.29, 1.82) is 0 Å². The van der Waals surface area contributed by atoms with Crippen LogP contribution in [0.2, 0.25) is 6.04 Å². The highest BCUT2D eigenvalue weighted by Gasteiger charge is 2.39. The molecule has 0 aromatic rings. The third-order valence-electron chi connectivity index (χ3n) is 1.89. The van der Waals surface area contributed by atoms with Crippen molar-refractivity contribution >= 4 is 17.8 Å². The van der Waals surface area contributed by atoms with Crippen LogP contribution in [0, 0.1) is 0 Å². The minimum absolute atomic E-state index is 0.453. The molecular weight excluding hydrogens is 247 g/mol. The second-order valence-corrected chi connectivity index (χ2v) is 6.23. The molecule has 0 aromatic carbocycles.